The lowest BCUT2D eigenvalue weighted by Crippen LogP contribution is -2.56. The van der Waals surface area contributed by atoms with Crippen molar-refractivity contribution in [1.29, 1.82) is 5.26 Å². The lowest BCUT2D eigenvalue weighted by molar-refractivity contribution is 0.0145. The Hall–Kier alpha value is -3.57. The van der Waals surface area contributed by atoms with Crippen LogP contribution in [0.25, 0.3) is 10.8 Å². The largest absolute Gasteiger partial charge is 0.444 e. The maximum Gasteiger partial charge on any atom is 0.410 e. The molecule has 0 N–H and O–H groups in total. The minimum Gasteiger partial charge on any atom is -0.444 e. The first-order valence-corrected chi connectivity index (χ1v) is 13.9. The van der Waals surface area contributed by atoms with Crippen molar-refractivity contribution in [3.63, 3.8) is 0 Å². The Morgan fingerprint density at radius 2 is 1.90 bits per heavy atom. The highest BCUT2D eigenvalue weighted by atomic mass is 35.5. The van der Waals surface area contributed by atoms with Crippen molar-refractivity contribution >= 4 is 40.0 Å². The van der Waals surface area contributed by atoms with Crippen molar-refractivity contribution in [2.24, 2.45) is 0 Å². The van der Waals surface area contributed by atoms with Gasteiger partial charge in [0.25, 0.3) is 0 Å². The van der Waals surface area contributed by atoms with E-state index in [1.165, 1.54) is 22.0 Å². The minimum atomic E-state index is -0.600. The van der Waals surface area contributed by atoms with Gasteiger partial charge in [0, 0.05) is 42.8 Å². The summed E-state index contributed by atoms with van der Waals surface area (Å²) in [6, 6.07) is 14.8. The molecular formula is C30H35ClN6O2. The fourth-order valence-electron chi connectivity index (χ4n) is 5.71. The van der Waals surface area contributed by atoms with Gasteiger partial charge in [0.2, 0.25) is 5.28 Å². The number of piperazine rings is 1. The molecule has 0 spiro atoms. The van der Waals surface area contributed by atoms with E-state index in [1.807, 2.05) is 20.8 Å². The summed E-state index contributed by atoms with van der Waals surface area (Å²) in [7, 11) is 0. The number of rotatable bonds is 3. The molecule has 0 aliphatic carbocycles. The quantitative estimate of drug-likeness (QED) is 0.379. The Balaban J connectivity index is 1.44. The number of fused-ring (bicyclic) bond motifs is 2. The summed E-state index contributed by atoms with van der Waals surface area (Å²) >= 11 is 6.51. The molecule has 2 aliphatic rings. The predicted octanol–water partition coefficient (Wildman–Crippen LogP) is 5.88. The van der Waals surface area contributed by atoms with E-state index in [4.69, 9.17) is 21.3 Å². The SMILES string of the molecule is Cc1cccc2cccc(N3CCCc4c(nc(Cl)nc4N4CCN(C(=O)OC(C)(C)C)C(CC#N)C4)C3)c12. The van der Waals surface area contributed by atoms with E-state index in [-0.39, 0.29) is 23.8 Å². The number of aromatic nitrogens is 2. The average Bonchev–Trinajstić information content (AvgIpc) is 3.09. The molecule has 0 bridgehead atoms. The molecule has 0 saturated carbocycles. The second-order valence-corrected chi connectivity index (χ2v) is 11.7. The molecule has 204 valence electrons. The van der Waals surface area contributed by atoms with Crippen LogP contribution >= 0.6 is 11.6 Å². The Labute approximate surface area is 235 Å². The minimum absolute atomic E-state index is 0.213. The van der Waals surface area contributed by atoms with Gasteiger partial charge in [-0.15, -0.1) is 0 Å². The van der Waals surface area contributed by atoms with Crippen molar-refractivity contribution in [3.05, 3.63) is 58.5 Å². The maximum atomic E-state index is 12.9. The summed E-state index contributed by atoms with van der Waals surface area (Å²) in [6.45, 7) is 10.7. The van der Waals surface area contributed by atoms with E-state index in [9.17, 15) is 10.1 Å². The van der Waals surface area contributed by atoms with Crippen molar-refractivity contribution in [2.45, 2.75) is 65.1 Å². The van der Waals surface area contributed by atoms with Crippen LogP contribution in [-0.4, -0.2) is 58.8 Å². The molecule has 2 aromatic carbocycles. The summed E-state index contributed by atoms with van der Waals surface area (Å²) in [4.78, 5) is 28.5. The van der Waals surface area contributed by atoms with E-state index in [1.54, 1.807) is 4.90 Å². The summed E-state index contributed by atoms with van der Waals surface area (Å²) in [5, 5.41) is 12.2. The number of nitriles is 1. The van der Waals surface area contributed by atoms with Gasteiger partial charge in [0.1, 0.15) is 11.4 Å². The number of anilines is 2. The van der Waals surface area contributed by atoms with Gasteiger partial charge >= 0.3 is 6.09 Å². The standard InChI is InChI=1S/C30H35ClN6O2/c1-20-8-5-9-21-10-6-12-25(26(20)21)35-15-7-11-23-24(19-35)33-28(31)34-27(23)36-16-17-37(22(18-36)13-14-32)29(38)39-30(2,3)4/h5-6,8-10,12,22H,7,11,13,15-19H2,1-4H3. The molecule has 8 nitrogen and oxygen atoms in total. The van der Waals surface area contributed by atoms with E-state index in [2.05, 4.69) is 64.2 Å². The van der Waals surface area contributed by atoms with Crippen LogP contribution < -0.4 is 9.80 Å². The van der Waals surface area contributed by atoms with Crippen LogP contribution in [0.2, 0.25) is 5.28 Å². The molecule has 1 fully saturated rings. The summed E-state index contributed by atoms with van der Waals surface area (Å²) in [6.07, 6.45) is 1.61. The van der Waals surface area contributed by atoms with Gasteiger partial charge in [-0.05, 0) is 69.2 Å². The first-order chi connectivity index (χ1) is 18.6. The Morgan fingerprint density at radius 1 is 1.13 bits per heavy atom. The van der Waals surface area contributed by atoms with Gasteiger partial charge in [0.05, 0.1) is 30.8 Å². The number of amides is 1. The van der Waals surface area contributed by atoms with Gasteiger partial charge in [0.15, 0.2) is 0 Å². The fourth-order valence-corrected chi connectivity index (χ4v) is 5.89. The fraction of sp³-hybridized carbons (Fsp3) is 0.467. The molecule has 9 heteroatoms. The van der Waals surface area contributed by atoms with Crippen LogP contribution in [0.15, 0.2) is 36.4 Å². The third-order valence-electron chi connectivity index (χ3n) is 7.41. The van der Waals surface area contributed by atoms with E-state index in [0.717, 1.165) is 36.5 Å². The zero-order valence-corrected chi connectivity index (χ0v) is 23.8. The molecule has 3 aromatic rings. The first-order valence-electron chi connectivity index (χ1n) is 13.5. The number of nitrogens with zero attached hydrogens (tertiary/aromatic N) is 6. The second kappa shape index (κ2) is 10.9. The van der Waals surface area contributed by atoms with Gasteiger partial charge in [-0.25, -0.2) is 14.8 Å². The third kappa shape index (κ3) is 5.74. The molecule has 2 aliphatic heterocycles. The second-order valence-electron chi connectivity index (χ2n) is 11.4. The molecular weight excluding hydrogens is 512 g/mol. The molecule has 39 heavy (non-hydrogen) atoms. The lowest BCUT2D eigenvalue weighted by Gasteiger charge is -2.42. The van der Waals surface area contributed by atoms with Crippen molar-refractivity contribution in [3.8, 4) is 6.07 Å². The monoisotopic (exact) mass is 546 g/mol. The molecule has 5 rings (SSSR count). The Morgan fingerprint density at radius 3 is 2.64 bits per heavy atom. The number of benzene rings is 2. The van der Waals surface area contributed by atoms with E-state index < -0.39 is 5.60 Å². The zero-order chi connectivity index (χ0) is 27.7. The highest BCUT2D eigenvalue weighted by Crippen LogP contribution is 2.35. The van der Waals surface area contributed by atoms with Crippen LogP contribution in [0.3, 0.4) is 0 Å². The number of carbonyl (C=O) groups excluding carboxylic acids is 1. The Bertz CT molecular complexity index is 1420. The lowest BCUT2D eigenvalue weighted by atomic mass is 10.0. The van der Waals surface area contributed by atoms with Crippen molar-refractivity contribution in [1.82, 2.24) is 14.9 Å². The number of aryl methyl sites for hydroxylation is 1. The maximum absolute atomic E-state index is 12.9. The molecule has 1 unspecified atom stereocenters. The van der Waals surface area contributed by atoms with Crippen LogP contribution in [0, 0.1) is 18.3 Å². The predicted molar refractivity (Wildman–Crippen MR) is 154 cm³/mol. The molecule has 1 saturated heterocycles. The smallest absolute Gasteiger partial charge is 0.410 e. The highest BCUT2D eigenvalue weighted by Gasteiger charge is 2.35. The van der Waals surface area contributed by atoms with Gasteiger partial charge < -0.3 is 19.4 Å². The molecule has 0 radical (unpaired) electrons. The number of hydrogen-bond acceptors (Lipinski definition) is 7. The third-order valence-corrected chi connectivity index (χ3v) is 7.58. The molecule has 1 atom stereocenters. The zero-order valence-electron chi connectivity index (χ0n) is 23.1. The number of ether oxygens (including phenoxy) is 1. The molecule has 3 heterocycles. The van der Waals surface area contributed by atoms with Crippen molar-refractivity contribution in [2.75, 3.05) is 36.0 Å². The van der Waals surface area contributed by atoms with E-state index >= 15 is 0 Å². The van der Waals surface area contributed by atoms with Crippen molar-refractivity contribution < 1.29 is 9.53 Å². The molecule has 1 aromatic heterocycles. The number of hydrogen-bond donors (Lipinski definition) is 0. The average molecular weight is 547 g/mol. The molecule has 1 amide bonds. The van der Waals surface area contributed by atoms with Crippen LogP contribution in [0.5, 0.6) is 0 Å². The topological polar surface area (TPSA) is 85.6 Å². The summed E-state index contributed by atoms with van der Waals surface area (Å²) in [5.41, 5.74) is 3.88. The van der Waals surface area contributed by atoms with Gasteiger partial charge in [-0.2, -0.15) is 5.26 Å². The van der Waals surface area contributed by atoms with E-state index in [0.29, 0.717) is 26.2 Å². The van der Waals surface area contributed by atoms with Crippen LogP contribution in [0.1, 0.15) is 50.4 Å². The first kappa shape index (κ1) is 27.0. The number of carbonyl (C=O) groups is 1. The van der Waals surface area contributed by atoms with Crippen LogP contribution in [-0.2, 0) is 17.7 Å². The highest BCUT2D eigenvalue weighted by molar-refractivity contribution is 6.28. The Kier molecular flexibility index (Phi) is 7.55. The van der Waals surface area contributed by atoms with Gasteiger partial charge in [-0.3, -0.25) is 0 Å². The number of halogens is 1. The van der Waals surface area contributed by atoms with Gasteiger partial charge in [-0.1, -0.05) is 30.3 Å². The van der Waals surface area contributed by atoms with Crippen LogP contribution in [0.4, 0.5) is 16.3 Å². The summed E-state index contributed by atoms with van der Waals surface area (Å²) < 4.78 is 5.62. The summed E-state index contributed by atoms with van der Waals surface area (Å²) in [5.74, 6) is 0.813. The normalized spacial score (nSPS) is 17.9.